The van der Waals surface area contributed by atoms with Crippen LogP contribution in [0.2, 0.25) is 0 Å². The van der Waals surface area contributed by atoms with Gasteiger partial charge in [-0.05, 0) is 0 Å². The first-order valence-electron chi connectivity index (χ1n) is 39.0. The van der Waals surface area contributed by atoms with Crippen LogP contribution < -0.4 is 21.3 Å². The van der Waals surface area contributed by atoms with Crippen LogP contribution in [0.1, 0.15) is 27.7 Å². The minimum Gasteiger partial charge on any atom is -0.479 e. The number of hydrogen-bond donors (Lipinski definition) is 31. The smallest absolute Gasteiger partial charge is 0.335 e. The summed E-state index contributed by atoms with van der Waals surface area (Å²) in [6, 6.07) is -8.24. The maximum atomic E-state index is 13.2. The highest BCUT2D eigenvalue weighted by molar-refractivity contribution is 5.77. The van der Waals surface area contributed by atoms with Crippen molar-refractivity contribution in [3.63, 3.8) is 0 Å². The first kappa shape index (κ1) is 103. The van der Waals surface area contributed by atoms with Crippen molar-refractivity contribution in [1.82, 2.24) is 21.3 Å². The summed E-state index contributed by atoms with van der Waals surface area (Å²) in [5.74, 6) is -14.1. The largest absolute Gasteiger partial charge is 0.479 e. The average Bonchev–Trinajstić information content (AvgIpc) is 1.11. The number of carbonyl (C=O) groups is 9. The Bertz CT molecular complexity index is 3720. The third-order valence-corrected chi connectivity index (χ3v) is 22.3. The number of aliphatic hydroxyl groups is 22. The molecule has 4 amide bonds. The molecule has 0 aromatic rings. The standard InChI is InChI=1S/C68H104N4O55/c1-11(79)69-21-26(84)42(115-64-36(94)30(88)31(89)50(123-64)55(99)100)17(7-75)110-60(21)120-47-33(91)38(96)66(125-52(47)57(103)104)117-44-19(9-77)112-62(23(28(44)86)71-13(3)81)122-49-35(93)40(98)68(127-54(49)59(107)108)118-45-20(10-78)113-63(24(29(45)87)72-14(4)82)121-48-34(92)39(97)67(126-53(48)58(105)106)116-43-18(8-76)111-61(22(27(43)85)70-12(2)80)119-46-32(90)37(95)65(124-51(46)56(101)102)114-41-16(6-74)109-15(5-73)25(41)83/h15-54,60-68,73-78,83-98H,5-10H2,1-4H3,(H,69,79)(H,70,80)(H,71,81)(H,72,82)(H,99,100)(H,101,102)(H,103,104)(H,105,106)(H,107,108)/t15-,16-,17-,18-,19-,20-,21-,22-,23-,24-,25-,26-,27-,28-,29-,30+,31+,32-,33-,34-,35-,36-,37-,38-,39-,40-,41-,42-,43-,44-,45-,46+,47+,48+,49+,50+,51+,52+,53+,54+,60-,61-,62-,63-,64-,65-,66-,67-,68-/m1/s1. The lowest BCUT2D eigenvalue weighted by Crippen LogP contribution is -2.71. The van der Waals surface area contributed by atoms with Crippen molar-refractivity contribution in [3.05, 3.63) is 0 Å². The average molecular weight is 1860 g/mol. The van der Waals surface area contributed by atoms with E-state index < -0.39 is 394 Å². The number of carboxylic acid groups (broad SMARTS) is 5. The first-order chi connectivity index (χ1) is 59.8. The van der Waals surface area contributed by atoms with Crippen LogP contribution >= 0.6 is 0 Å². The van der Waals surface area contributed by atoms with E-state index in [1.165, 1.54) is 0 Å². The molecule has 10 heterocycles. The minimum atomic E-state index is -2.64. The Hall–Kier alpha value is -6.41. The zero-order valence-electron chi connectivity index (χ0n) is 66.5. The van der Waals surface area contributed by atoms with Gasteiger partial charge in [0.05, 0.1) is 39.6 Å². The Morgan fingerprint density at radius 1 is 0.205 bits per heavy atom. The molecule has 0 aromatic heterocycles. The van der Waals surface area contributed by atoms with E-state index in [1.54, 1.807) is 0 Å². The molecule has 0 saturated carbocycles. The number of carboxylic acids is 5. The second-order valence-electron chi connectivity index (χ2n) is 31.0. The molecule has 49 atom stereocenters. The van der Waals surface area contributed by atoms with Crippen LogP contribution in [0.5, 0.6) is 0 Å². The minimum absolute atomic E-state index is 0.790. The molecule has 0 bridgehead atoms. The molecule has 10 rings (SSSR count). The van der Waals surface area contributed by atoms with Gasteiger partial charge in [0.2, 0.25) is 23.6 Å². The molecule has 127 heavy (non-hydrogen) atoms. The first-order valence-corrected chi connectivity index (χ1v) is 39.0. The summed E-state index contributed by atoms with van der Waals surface area (Å²) in [4.78, 5) is 115. The van der Waals surface area contributed by atoms with Crippen molar-refractivity contribution >= 4 is 53.5 Å². The molecule has 59 heteroatoms. The summed E-state index contributed by atoms with van der Waals surface area (Å²) in [7, 11) is 0. The van der Waals surface area contributed by atoms with Crippen LogP contribution in [0.3, 0.4) is 0 Å². The second kappa shape index (κ2) is 43.5. The third-order valence-electron chi connectivity index (χ3n) is 22.3. The molecule has 0 spiro atoms. The van der Waals surface area contributed by atoms with Crippen LogP contribution in [0.4, 0.5) is 0 Å². The predicted molar refractivity (Wildman–Crippen MR) is 378 cm³/mol. The SMILES string of the molecule is CC(=O)N[C@H]1[C@@H](O[C@H]2[C@H](O)[C@@H](O)[C@H](O[C@H]3[C@H](O)[C@@H](NC(C)=O)[C@@H](O[C@H]4[C@H](O)[C@@H](O)[C@H](O[C@H]5[C@H](O)[C@@H](NC(C)=O)[C@@H](O[C@H]6[C@H](O)[C@@H](O)[C@H](O[C@H]7[C@H](O)[C@@H](NC(C)=O)[C@@H](O[C@H]8[C@H](O)[C@@H](O)[C@H](O[C@H]9[C@H](O)[C@@H](CO)O[C@@H]9CO)O[C@@H]8C(=O)O)O[C@@H]7CO)O[C@@H]6C(=O)O)O[C@@H]5CO)O[C@@H]4C(=O)O)O[C@@H]3CO)O[C@@H]2C(=O)O)O[C@H](CO)[C@@H](O[C@@H]2O[C@H](C(=O)O)[C@@H](O)[C@H](O)[C@H]2O)[C@@H]1O. The molecule has 0 aromatic carbocycles. The summed E-state index contributed by atoms with van der Waals surface area (Å²) >= 11 is 0. The van der Waals surface area contributed by atoms with Crippen molar-refractivity contribution in [2.24, 2.45) is 0 Å². The Morgan fingerprint density at radius 2 is 0.386 bits per heavy atom. The van der Waals surface area contributed by atoms with Gasteiger partial charge in [0.1, 0.15) is 213 Å². The lowest BCUT2D eigenvalue weighted by atomic mass is 9.93. The lowest BCUT2D eigenvalue weighted by Gasteiger charge is -2.50. The lowest BCUT2D eigenvalue weighted by molar-refractivity contribution is -0.383. The van der Waals surface area contributed by atoms with Gasteiger partial charge >= 0.3 is 29.8 Å². The van der Waals surface area contributed by atoms with Crippen LogP contribution in [0, 0.1) is 0 Å². The van der Waals surface area contributed by atoms with E-state index >= 15 is 0 Å². The number of amides is 4. The highest BCUT2D eigenvalue weighted by Crippen LogP contribution is 2.41. The van der Waals surface area contributed by atoms with Gasteiger partial charge in [-0.3, -0.25) is 19.2 Å². The molecule has 0 unspecified atom stereocenters. The highest BCUT2D eigenvalue weighted by atomic mass is 16.8. The maximum absolute atomic E-state index is 13.2. The number of rotatable bonds is 33. The van der Waals surface area contributed by atoms with E-state index in [4.69, 9.17) is 90.0 Å². The quantitative estimate of drug-likeness (QED) is 0.0290. The fourth-order valence-corrected chi connectivity index (χ4v) is 16.0. The van der Waals surface area contributed by atoms with Gasteiger partial charge in [0, 0.05) is 27.7 Å². The summed E-state index contributed by atoms with van der Waals surface area (Å²) < 4.78 is 107. The van der Waals surface area contributed by atoms with E-state index in [0.29, 0.717) is 0 Å². The van der Waals surface area contributed by atoms with E-state index in [0.717, 1.165) is 27.7 Å². The Balaban J connectivity index is 0.791. The molecule has 726 valence electrons. The predicted octanol–water partition coefficient (Wildman–Crippen LogP) is -21.1. The van der Waals surface area contributed by atoms with Crippen LogP contribution in [-0.2, 0) is 133 Å². The van der Waals surface area contributed by atoms with Gasteiger partial charge in [0.25, 0.3) is 0 Å². The molecule has 10 aliphatic heterocycles. The van der Waals surface area contributed by atoms with Crippen molar-refractivity contribution in [2.45, 2.75) is 328 Å². The maximum Gasteiger partial charge on any atom is 0.335 e. The monoisotopic (exact) mass is 1860 g/mol. The number of aliphatic carboxylic acids is 5. The fraction of sp³-hybridized carbons (Fsp3) is 0.868. The molecule has 59 nitrogen and oxygen atoms in total. The van der Waals surface area contributed by atoms with Crippen LogP contribution in [-0.4, -0.2) is 532 Å². The number of nitrogens with one attached hydrogen (secondary N) is 4. The van der Waals surface area contributed by atoms with Gasteiger partial charge in [-0.1, -0.05) is 0 Å². The van der Waals surface area contributed by atoms with Gasteiger partial charge in [-0.25, -0.2) is 24.0 Å². The number of carbonyl (C=O) groups excluding carboxylic acids is 4. The van der Waals surface area contributed by atoms with Crippen molar-refractivity contribution in [1.29, 1.82) is 0 Å². The van der Waals surface area contributed by atoms with Crippen LogP contribution in [0.15, 0.2) is 0 Å². The third kappa shape index (κ3) is 22.1. The molecular weight excluding hydrogens is 1750 g/mol. The molecule has 10 aliphatic rings. The number of ether oxygens (including phenoxy) is 19. The molecular formula is C68H104N4O55. The van der Waals surface area contributed by atoms with E-state index in [1.807, 2.05) is 0 Å². The fourth-order valence-electron chi connectivity index (χ4n) is 16.0. The Morgan fingerprint density at radius 3 is 0.583 bits per heavy atom. The summed E-state index contributed by atoms with van der Waals surface area (Å²) in [5.41, 5.74) is 0. The highest BCUT2D eigenvalue weighted by Gasteiger charge is 2.64. The van der Waals surface area contributed by atoms with Crippen molar-refractivity contribution in [2.75, 3.05) is 39.6 Å². The second-order valence-corrected chi connectivity index (χ2v) is 31.0. The van der Waals surface area contributed by atoms with Gasteiger partial charge in [0.15, 0.2) is 87.1 Å². The van der Waals surface area contributed by atoms with Crippen molar-refractivity contribution < 1.29 is 271 Å². The summed E-state index contributed by atoms with van der Waals surface area (Å²) in [6.07, 6.45) is -102. The van der Waals surface area contributed by atoms with Gasteiger partial charge < -0.3 is 249 Å². The summed E-state index contributed by atoms with van der Waals surface area (Å²) in [5, 5.41) is 304. The zero-order valence-corrected chi connectivity index (χ0v) is 66.5. The zero-order chi connectivity index (χ0) is 94.0. The number of aliphatic hydroxyl groups excluding tert-OH is 22. The topological polar surface area (TPSA) is 923 Å². The van der Waals surface area contributed by atoms with Gasteiger partial charge in [-0.15, -0.1) is 0 Å². The molecule has 0 radical (unpaired) electrons. The molecule has 10 saturated heterocycles. The molecule has 0 aliphatic carbocycles. The van der Waals surface area contributed by atoms with Gasteiger partial charge in [-0.2, -0.15) is 0 Å². The normalized spacial score (nSPS) is 47.3. The number of hydrogen-bond acceptors (Lipinski definition) is 50. The van der Waals surface area contributed by atoms with E-state index in [9.17, 15) is 181 Å². The Kier molecular flexibility index (Phi) is 35.2. The Labute approximate surface area is 711 Å². The van der Waals surface area contributed by atoms with E-state index in [2.05, 4.69) is 21.3 Å². The van der Waals surface area contributed by atoms with E-state index in [-0.39, 0.29) is 0 Å². The van der Waals surface area contributed by atoms with Crippen molar-refractivity contribution in [3.8, 4) is 0 Å². The molecule has 10 fully saturated rings. The summed E-state index contributed by atoms with van der Waals surface area (Å²) in [6.45, 7) is -3.29. The molecule has 31 N–H and O–H groups in total. The van der Waals surface area contributed by atoms with Crippen LogP contribution in [0.25, 0.3) is 0 Å².